The van der Waals surface area contributed by atoms with E-state index in [0.29, 0.717) is 36.6 Å². The third-order valence-electron chi connectivity index (χ3n) is 6.89. The predicted molar refractivity (Wildman–Crippen MR) is 152 cm³/mol. The Hall–Kier alpha value is -2.20. The van der Waals surface area contributed by atoms with E-state index < -0.39 is 6.04 Å². The van der Waals surface area contributed by atoms with E-state index in [-0.39, 0.29) is 36.5 Å². The van der Waals surface area contributed by atoms with Crippen molar-refractivity contribution in [2.75, 3.05) is 66.4 Å². The monoisotopic (exact) mass is 534 g/mol. The molecule has 1 aliphatic heterocycles. The number of hydrogen-bond acceptors (Lipinski definition) is 7. The highest BCUT2D eigenvalue weighted by Crippen LogP contribution is 2.28. The minimum atomic E-state index is -0.396. The summed E-state index contributed by atoms with van der Waals surface area (Å²) in [5.74, 6) is 0.215. The first-order valence-corrected chi connectivity index (χ1v) is 13.9. The van der Waals surface area contributed by atoms with Crippen molar-refractivity contribution in [1.29, 1.82) is 0 Å². The van der Waals surface area contributed by atoms with Crippen molar-refractivity contribution < 1.29 is 24.2 Å². The molecule has 1 aromatic carbocycles. The number of ether oxygens (including phenoxy) is 2. The number of carbonyl (C=O) groups excluding carboxylic acids is 2. The first kappa shape index (κ1) is 32.0. The van der Waals surface area contributed by atoms with E-state index in [1.54, 1.807) is 23.1 Å². The molecule has 0 spiro atoms. The van der Waals surface area contributed by atoms with Crippen LogP contribution in [0.1, 0.15) is 63.2 Å². The maximum atomic E-state index is 14.0. The first-order valence-electron chi connectivity index (χ1n) is 13.9. The van der Waals surface area contributed by atoms with Gasteiger partial charge in [0.2, 0.25) is 5.91 Å². The number of anilines is 1. The van der Waals surface area contributed by atoms with Crippen LogP contribution in [-0.4, -0.2) is 111 Å². The minimum Gasteiger partial charge on any atom is -0.490 e. The van der Waals surface area contributed by atoms with Crippen LogP contribution in [0, 0.1) is 5.92 Å². The number of hydrogen-bond donors (Lipinski definition) is 2. The van der Waals surface area contributed by atoms with Crippen LogP contribution in [0.25, 0.3) is 0 Å². The third-order valence-corrected chi connectivity index (χ3v) is 6.89. The number of rotatable bonds is 9. The summed E-state index contributed by atoms with van der Waals surface area (Å²) < 4.78 is 12.5. The molecule has 0 aromatic heterocycles. The maximum absolute atomic E-state index is 14.0. The highest BCUT2D eigenvalue weighted by atomic mass is 16.5. The number of benzene rings is 1. The average molecular weight is 535 g/mol. The Morgan fingerprint density at radius 3 is 2.58 bits per heavy atom. The fourth-order valence-electron chi connectivity index (χ4n) is 4.60. The van der Waals surface area contributed by atoms with E-state index in [1.807, 2.05) is 46.9 Å². The molecule has 0 radical (unpaired) electrons. The van der Waals surface area contributed by atoms with Gasteiger partial charge in [-0.3, -0.25) is 9.59 Å². The van der Waals surface area contributed by atoms with Gasteiger partial charge in [-0.15, -0.1) is 0 Å². The molecule has 1 aliphatic rings. The SMILES string of the molecule is C[C@@H]1CN([C@@H](C)CO)C(=O)c2cc(NC(=O)CCCN(C)C)ccc2O[C@@H](C)CCCCO[C@@H]1CN(C)C. The number of carbonyl (C=O) groups is 2. The zero-order valence-electron chi connectivity index (χ0n) is 24.5. The molecule has 216 valence electrons. The standard InChI is InChI=1S/C29H50N4O5/c1-21-18-33(22(2)20-34)29(36)25-17-24(30-28(35)12-10-15-31(4)5)13-14-26(25)38-23(3)11-8-9-16-37-27(21)19-32(6)7/h13-14,17,21-23,27,34H,8-12,15-16,18-20H2,1-7H3,(H,30,35)/t21-,22+,23+,27-/m1/s1. The molecule has 0 saturated carbocycles. The van der Waals surface area contributed by atoms with Gasteiger partial charge in [-0.05, 0) is 92.5 Å². The van der Waals surface area contributed by atoms with Crippen molar-refractivity contribution in [3.63, 3.8) is 0 Å². The summed E-state index contributed by atoms with van der Waals surface area (Å²) in [6, 6.07) is 4.87. The predicted octanol–water partition coefficient (Wildman–Crippen LogP) is 3.32. The fourth-order valence-corrected chi connectivity index (χ4v) is 4.60. The van der Waals surface area contributed by atoms with Crippen molar-refractivity contribution in [1.82, 2.24) is 14.7 Å². The number of likely N-dealkylation sites (N-methyl/N-ethyl adjacent to an activating group) is 1. The van der Waals surface area contributed by atoms with Gasteiger partial charge in [0.25, 0.3) is 5.91 Å². The van der Waals surface area contributed by atoms with Crippen molar-refractivity contribution in [3.05, 3.63) is 23.8 Å². The van der Waals surface area contributed by atoms with Crippen molar-refractivity contribution in [2.24, 2.45) is 5.92 Å². The lowest BCUT2D eigenvalue weighted by atomic mass is 10.0. The molecular formula is C29H50N4O5. The van der Waals surface area contributed by atoms with Crippen LogP contribution in [0.5, 0.6) is 5.75 Å². The number of nitrogens with zero attached hydrogens (tertiary/aromatic N) is 3. The summed E-state index contributed by atoms with van der Waals surface area (Å²) in [5.41, 5.74) is 0.945. The zero-order chi connectivity index (χ0) is 28.2. The van der Waals surface area contributed by atoms with Crippen LogP contribution in [0.3, 0.4) is 0 Å². The molecule has 0 fully saturated rings. The summed E-state index contributed by atoms with van der Waals surface area (Å²) in [4.78, 5) is 32.4. The van der Waals surface area contributed by atoms with Gasteiger partial charge < -0.3 is 34.6 Å². The van der Waals surface area contributed by atoms with E-state index in [1.165, 1.54) is 0 Å². The molecule has 4 atom stereocenters. The van der Waals surface area contributed by atoms with Crippen molar-refractivity contribution >= 4 is 17.5 Å². The zero-order valence-corrected chi connectivity index (χ0v) is 24.5. The number of aliphatic hydroxyl groups excluding tert-OH is 1. The third kappa shape index (κ3) is 10.5. The highest BCUT2D eigenvalue weighted by Gasteiger charge is 2.30. The van der Waals surface area contributed by atoms with E-state index in [2.05, 4.69) is 17.1 Å². The van der Waals surface area contributed by atoms with E-state index in [9.17, 15) is 14.7 Å². The molecule has 1 aromatic rings. The second-order valence-corrected chi connectivity index (χ2v) is 11.2. The van der Waals surface area contributed by atoms with Crippen LogP contribution in [0.4, 0.5) is 5.69 Å². The fraction of sp³-hybridized carbons (Fsp3) is 0.724. The number of amides is 2. The molecule has 0 bridgehead atoms. The van der Waals surface area contributed by atoms with Gasteiger partial charge in [0.15, 0.2) is 0 Å². The Morgan fingerprint density at radius 2 is 1.92 bits per heavy atom. The smallest absolute Gasteiger partial charge is 0.258 e. The van der Waals surface area contributed by atoms with Crippen LogP contribution in [0.15, 0.2) is 18.2 Å². The van der Waals surface area contributed by atoms with Crippen LogP contribution >= 0.6 is 0 Å². The van der Waals surface area contributed by atoms with Crippen LogP contribution in [0.2, 0.25) is 0 Å². The van der Waals surface area contributed by atoms with Crippen molar-refractivity contribution in [3.8, 4) is 5.75 Å². The first-order chi connectivity index (χ1) is 18.0. The van der Waals surface area contributed by atoms with Crippen LogP contribution in [-0.2, 0) is 9.53 Å². The summed E-state index contributed by atoms with van der Waals surface area (Å²) >= 11 is 0. The largest absolute Gasteiger partial charge is 0.490 e. The van der Waals surface area contributed by atoms with Gasteiger partial charge in [0.1, 0.15) is 5.75 Å². The van der Waals surface area contributed by atoms with Gasteiger partial charge in [0.05, 0.1) is 30.4 Å². The van der Waals surface area contributed by atoms with Crippen LogP contribution < -0.4 is 10.1 Å². The second kappa shape index (κ2) is 16.0. The quantitative estimate of drug-likeness (QED) is 0.502. The number of aliphatic hydroxyl groups is 1. The Morgan fingerprint density at radius 1 is 1.18 bits per heavy atom. The van der Waals surface area contributed by atoms with E-state index in [0.717, 1.165) is 38.8 Å². The molecule has 38 heavy (non-hydrogen) atoms. The second-order valence-electron chi connectivity index (χ2n) is 11.2. The topological polar surface area (TPSA) is 94.6 Å². The average Bonchev–Trinajstić information content (AvgIpc) is 2.85. The molecule has 9 nitrogen and oxygen atoms in total. The number of fused-ring (bicyclic) bond motifs is 1. The summed E-state index contributed by atoms with van der Waals surface area (Å²) in [7, 11) is 8.00. The van der Waals surface area contributed by atoms with Gasteiger partial charge in [-0.1, -0.05) is 6.92 Å². The van der Waals surface area contributed by atoms with E-state index >= 15 is 0 Å². The van der Waals surface area contributed by atoms with Gasteiger partial charge in [-0.2, -0.15) is 0 Å². The number of nitrogens with one attached hydrogen (secondary N) is 1. The molecule has 0 aliphatic carbocycles. The van der Waals surface area contributed by atoms with Gasteiger partial charge in [-0.25, -0.2) is 0 Å². The molecule has 1 heterocycles. The Labute approximate surface area is 229 Å². The molecule has 0 saturated heterocycles. The van der Waals surface area contributed by atoms with Crippen molar-refractivity contribution in [2.45, 2.75) is 71.1 Å². The normalized spacial score (nSPS) is 22.5. The molecule has 2 amide bonds. The minimum absolute atomic E-state index is 0.0427. The summed E-state index contributed by atoms with van der Waals surface area (Å²) in [5, 5.41) is 13.0. The molecule has 9 heteroatoms. The summed E-state index contributed by atoms with van der Waals surface area (Å²) in [6.45, 7) is 8.44. The van der Waals surface area contributed by atoms with Gasteiger partial charge in [0, 0.05) is 37.7 Å². The Kier molecular flexibility index (Phi) is 13.5. The Bertz CT molecular complexity index is 879. The van der Waals surface area contributed by atoms with E-state index in [4.69, 9.17) is 9.47 Å². The maximum Gasteiger partial charge on any atom is 0.258 e. The molecule has 2 N–H and O–H groups in total. The Balaban J connectivity index is 2.40. The molecule has 2 rings (SSSR count). The highest BCUT2D eigenvalue weighted by molar-refractivity contribution is 5.99. The lowest BCUT2D eigenvalue weighted by molar-refractivity contribution is -0.116. The summed E-state index contributed by atoms with van der Waals surface area (Å²) in [6.07, 6.45) is 3.75. The molecule has 0 unspecified atom stereocenters. The lowest BCUT2D eigenvalue weighted by Crippen LogP contribution is -2.47. The van der Waals surface area contributed by atoms with Gasteiger partial charge >= 0.3 is 0 Å². The molecular weight excluding hydrogens is 484 g/mol. The lowest BCUT2D eigenvalue weighted by Gasteiger charge is -2.35.